The predicted molar refractivity (Wildman–Crippen MR) is 80.1 cm³/mol. The first-order valence-electron chi connectivity index (χ1n) is 7.58. The van der Waals surface area contributed by atoms with Gasteiger partial charge in [-0.2, -0.15) is 0 Å². The Hall–Kier alpha value is -1.12. The molecule has 1 fully saturated rings. The van der Waals surface area contributed by atoms with E-state index in [0.717, 1.165) is 25.7 Å². The third-order valence-corrected chi connectivity index (χ3v) is 4.01. The fraction of sp³-hybridized carbons (Fsp3) is 0.529. The minimum Gasteiger partial charge on any atom is -0.314 e. The summed E-state index contributed by atoms with van der Waals surface area (Å²) >= 11 is 0. The van der Waals surface area contributed by atoms with Crippen LogP contribution in [0.2, 0.25) is 0 Å². The summed E-state index contributed by atoms with van der Waals surface area (Å²) in [4.78, 5) is 2.57. The van der Waals surface area contributed by atoms with E-state index in [2.05, 4.69) is 46.6 Å². The molecule has 1 aliphatic heterocycles. The van der Waals surface area contributed by atoms with Gasteiger partial charge in [-0.15, -0.1) is 0 Å². The maximum absolute atomic E-state index is 3.61. The van der Waals surface area contributed by atoms with Crippen LogP contribution in [0, 0.1) is 0 Å². The number of nitrogens with one attached hydrogen (secondary N) is 1. The monoisotopic (exact) mass is 256 g/mol. The summed E-state index contributed by atoms with van der Waals surface area (Å²) in [5.74, 6) is 0. The summed E-state index contributed by atoms with van der Waals surface area (Å²) in [6, 6.07) is 11.7. The van der Waals surface area contributed by atoms with E-state index >= 15 is 0 Å². The van der Waals surface area contributed by atoms with E-state index in [1.54, 1.807) is 5.57 Å². The summed E-state index contributed by atoms with van der Waals surface area (Å²) in [7, 11) is 0. The first kappa shape index (κ1) is 12.9. The van der Waals surface area contributed by atoms with E-state index in [-0.39, 0.29) is 0 Å². The topological polar surface area (TPSA) is 15.3 Å². The van der Waals surface area contributed by atoms with Gasteiger partial charge in [-0.05, 0) is 37.8 Å². The quantitative estimate of drug-likeness (QED) is 0.787. The molecule has 0 amide bonds. The molecule has 19 heavy (non-hydrogen) atoms. The van der Waals surface area contributed by atoms with Gasteiger partial charge in [0.05, 0.1) is 0 Å². The van der Waals surface area contributed by atoms with Crippen molar-refractivity contribution in [2.24, 2.45) is 0 Å². The molecular formula is C17H24N2. The van der Waals surface area contributed by atoms with Gasteiger partial charge in [0.2, 0.25) is 0 Å². The summed E-state index contributed by atoms with van der Waals surface area (Å²) in [6.07, 6.45) is 7.67. The van der Waals surface area contributed by atoms with Crippen LogP contribution < -0.4 is 5.32 Å². The van der Waals surface area contributed by atoms with Crippen LogP contribution in [0.15, 0.2) is 42.0 Å². The standard InChI is InChI=1S/C17H24N2/c1-2-5-15(6-3-1)13-19-12-4-7-16(14-19)10-11-18-17-8-9-17/h1-3,5-7,17-18H,4,8-14H2. The van der Waals surface area contributed by atoms with Crippen LogP contribution in [0.5, 0.6) is 0 Å². The van der Waals surface area contributed by atoms with E-state index in [1.807, 2.05) is 0 Å². The largest absolute Gasteiger partial charge is 0.314 e. The summed E-state index contributed by atoms with van der Waals surface area (Å²) in [5.41, 5.74) is 3.05. The zero-order chi connectivity index (χ0) is 12.9. The lowest BCUT2D eigenvalue weighted by molar-refractivity contribution is 0.278. The van der Waals surface area contributed by atoms with E-state index in [9.17, 15) is 0 Å². The number of benzene rings is 1. The molecule has 102 valence electrons. The number of nitrogens with zero attached hydrogens (tertiary/aromatic N) is 1. The number of rotatable bonds is 6. The molecule has 0 unspecified atom stereocenters. The SMILES string of the molecule is C1=C(CCNC2CC2)CN(Cc2ccccc2)CC1. The van der Waals surface area contributed by atoms with Crippen LogP contribution >= 0.6 is 0 Å². The van der Waals surface area contributed by atoms with E-state index in [0.29, 0.717) is 0 Å². The first-order valence-corrected chi connectivity index (χ1v) is 7.58. The lowest BCUT2D eigenvalue weighted by atomic mass is 10.1. The van der Waals surface area contributed by atoms with Crippen molar-refractivity contribution in [1.82, 2.24) is 10.2 Å². The van der Waals surface area contributed by atoms with Gasteiger partial charge in [0.1, 0.15) is 0 Å². The van der Waals surface area contributed by atoms with Gasteiger partial charge in [-0.25, -0.2) is 0 Å². The smallest absolute Gasteiger partial charge is 0.0237 e. The molecular weight excluding hydrogens is 232 g/mol. The van der Waals surface area contributed by atoms with Gasteiger partial charge in [0.25, 0.3) is 0 Å². The van der Waals surface area contributed by atoms with Crippen LogP contribution in [0.25, 0.3) is 0 Å². The lowest BCUT2D eigenvalue weighted by Crippen LogP contribution is -2.30. The van der Waals surface area contributed by atoms with E-state index in [1.165, 1.54) is 37.8 Å². The molecule has 1 aliphatic carbocycles. The normalized spacial score (nSPS) is 20.3. The molecule has 1 heterocycles. The van der Waals surface area contributed by atoms with Crippen LogP contribution in [0.1, 0.15) is 31.2 Å². The third-order valence-electron chi connectivity index (χ3n) is 4.01. The Morgan fingerprint density at radius 3 is 2.79 bits per heavy atom. The Morgan fingerprint density at radius 1 is 1.16 bits per heavy atom. The second kappa shape index (κ2) is 6.36. The van der Waals surface area contributed by atoms with Crippen LogP contribution in [0.4, 0.5) is 0 Å². The van der Waals surface area contributed by atoms with Crippen molar-refractivity contribution in [1.29, 1.82) is 0 Å². The minimum absolute atomic E-state index is 0.838. The Morgan fingerprint density at radius 2 is 2.00 bits per heavy atom. The van der Waals surface area contributed by atoms with Gasteiger partial charge in [0.15, 0.2) is 0 Å². The highest BCUT2D eigenvalue weighted by Crippen LogP contribution is 2.20. The molecule has 1 aromatic carbocycles. The van der Waals surface area contributed by atoms with Crippen molar-refractivity contribution in [3.8, 4) is 0 Å². The van der Waals surface area contributed by atoms with E-state index in [4.69, 9.17) is 0 Å². The molecule has 0 saturated heterocycles. The maximum atomic E-state index is 3.61. The Labute approximate surface area is 116 Å². The summed E-state index contributed by atoms with van der Waals surface area (Å²) < 4.78 is 0. The van der Waals surface area contributed by atoms with Crippen LogP contribution in [0.3, 0.4) is 0 Å². The maximum Gasteiger partial charge on any atom is 0.0237 e. The molecule has 2 aliphatic rings. The second-order valence-corrected chi connectivity index (χ2v) is 5.83. The molecule has 0 spiro atoms. The average molecular weight is 256 g/mol. The molecule has 2 heteroatoms. The summed E-state index contributed by atoms with van der Waals surface area (Å²) in [5, 5.41) is 3.61. The molecule has 1 aromatic rings. The van der Waals surface area contributed by atoms with Crippen LogP contribution in [-0.4, -0.2) is 30.6 Å². The predicted octanol–water partition coefficient (Wildman–Crippen LogP) is 2.96. The fourth-order valence-corrected chi connectivity index (χ4v) is 2.76. The van der Waals surface area contributed by atoms with Crippen molar-refractivity contribution in [2.75, 3.05) is 19.6 Å². The van der Waals surface area contributed by atoms with Crippen LogP contribution in [-0.2, 0) is 6.54 Å². The highest BCUT2D eigenvalue weighted by Gasteiger charge is 2.20. The molecule has 0 bridgehead atoms. The van der Waals surface area contributed by atoms with Gasteiger partial charge >= 0.3 is 0 Å². The number of hydrogen-bond donors (Lipinski definition) is 1. The molecule has 1 N–H and O–H groups in total. The zero-order valence-corrected chi connectivity index (χ0v) is 11.6. The molecule has 0 radical (unpaired) electrons. The Kier molecular flexibility index (Phi) is 4.31. The minimum atomic E-state index is 0.838. The van der Waals surface area contributed by atoms with Crippen molar-refractivity contribution < 1.29 is 0 Å². The van der Waals surface area contributed by atoms with Crippen molar-refractivity contribution >= 4 is 0 Å². The van der Waals surface area contributed by atoms with Gasteiger partial charge < -0.3 is 5.32 Å². The third kappa shape index (κ3) is 4.19. The average Bonchev–Trinajstić information content (AvgIpc) is 3.25. The van der Waals surface area contributed by atoms with Crippen molar-refractivity contribution in [2.45, 2.75) is 38.3 Å². The highest BCUT2D eigenvalue weighted by atomic mass is 15.1. The van der Waals surface area contributed by atoms with Crippen molar-refractivity contribution in [3.63, 3.8) is 0 Å². The highest BCUT2D eigenvalue weighted by molar-refractivity contribution is 5.16. The fourth-order valence-electron chi connectivity index (χ4n) is 2.76. The molecule has 2 nitrogen and oxygen atoms in total. The van der Waals surface area contributed by atoms with Gasteiger partial charge in [-0.1, -0.05) is 42.0 Å². The van der Waals surface area contributed by atoms with Gasteiger partial charge in [0, 0.05) is 25.7 Å². The lowest BCUT2D eigenvalue weighted by Gasteiger charge is -2.27. The molecule has 1 saturated carbocycles. The Balaban J connectivity index is 1.45. The molecule has 0 atom stereocenters. The molecule has 0 aromatic heterocycles. The molecule has 3 rings (SSSR count). The van der Waals surface area contributed by atoms with E-state index < -0.39 is 0 Å². The van der Waals surface area contributed by atoms with Crippen molar-refractivity contribution in [3.05, 3.63) is 47.5 Å². The second-order valence-electron chi connectivity index (χ2n) is 5.83. The first-order chi connectivity index (χ1) is 9.40. The zero-order valence-electron chi connectivity index (χ0n) is 11.6. The van der Waals surface area contributed by atoms with Gasteiger partial charge in [-0.3, -0.25) is 4.90 Å². The summed E-state index contributed by atoms with van der Waals surface area (Å²) in [6.45, 7) is 4.61. The number of hydrogen-bond acceptors (Lipinski definition) is 2. The Bertz CT molecular complexity index is 420.